The van der Waals surface area contributed by atoms with Crippen LogP contribution in [0, 0.1) is 0 Å². The summed E-state index contributed by atoms with van der Waals surface area (Å²) < 4.78 is 1.47. The third kappa shape index (κ3) is 2.91. The van der Waals surface area contributed by atoms with E-state index in [0.717, 1.165) is 5.02 Å². The molecule has 1 aliphatic rings. The van der Waals surface area contributed by atoms with Gasteiger partial charge < -0.3 is 5.32 Å². The van der Waals surface area contributed by atoms with Crippen LogP contribution in [-0.2, 0) is 0 Å². The van der Waals surface area contributed by atoms with Crippen LogP contribution in [-0.4, -0.2) is 5.25 Å². The number of rotatable bonds is 3. The zero-order valence-corrected chi connectivity index (χ0v) is 14.0. The highest BCUT2D eigenvalue weighted by molar-refractivity contribution is 8.01. The average molecular weight is 324 g/mol. The molecule has 0 fully saturated rings. The molecule has 1 nitrogen and oxygen atoms in total. The summed E-state index contributed by atoms with van der Waals surface area (Å²) in [4.78, 5) is 0. The summed E-state index contributed by atoms with van der Waals surface area (Å²) in [5, 5.41) is 7.46. The molecule has 20 heavy (non-hydrogen) atoms. The number of hydrogen-bond donors (Lipinski definition) is 1. The molecule has 2 aromatic rings. The highest BCUT2D eigenvalue weighted by Gasteiger charge is 2.27. The number of nitrogens with one attached hydrogen (secondary N) is 1. The maximum Gasteiger partial charge on any atom is 0.0649 e. The molecule has 0 bridgehead atoms. The lowest BCUT2D eigenvalue weighted by Gasteiger charge is -2.30. The van der Waals surface area contributed by atoms with Crippen molar-refractivity contribution >= 4 is 34.7 Å². The molecule has 4 heteroatoms. The van der Waals surface area contributed by atoms with Crippen LogP contribution in [0.15, 0.2) is 39.9 Å². The summed E-state index contributed by atoms with van der Waals surface area (Å²) in [6.45, 7) is 4.50. The number of benzene rings is 1. The first-order valence-electron chi connectivity index (χ1n) is 6.89. The van der Waals surface area contributed by atoms with Gasteiger partial charge in [0.2, 0.25) is 0 Å². The second-order valence-corrected chi connectivity index (χ2v) is 8.32. The Morgan fingerprint density at radius 2 is 2.10 bits per heavy atom. The molecule has 0 saturated heterocycles. The molecule has 1 N–H and O–H groups in total. The third-order valence-corrected chi connectivity index (χ3v) is 6.42. The molecule has 106 valence electrons. The van der Waals surface area contributed by atoms with E-state index in [9.17, 15) is 0 Å². The summed E-state index contributed by atoms with van der Waals surface area (Å²) in [5.41, 5.74) is 2.63. The van der Waals surface area contributed by atoms with Crippen LogP contribution >= 0.6 is 34.7 Å². The zero-order valence-electron chi connectivity index (χ0n) is 11.6. The Balaban J connectivity index is 1.80. The van der Waals surface area contributed by atoms with E-state index in [1.54, 1.807) is 0 Å². The van der Waals surface area contributed by atoms with Gasteiger partial charge in [0.1, 0.15) is 0 Å². The average Bonchev–Trinajstić information content (AvgIpc) is 2.87. The van der Waals surface area contributed by atoms with E-state index in [2.05, 4.69) is 42.7 Å². The van der Waals surface area contributed by atoms with Gasteiger partial charge in [-0.05, 0) is 42.0 Å². The minimum atomic E-state index is 0.261. The fraction of sp³-hybridized carbons (Fsp3) is 0.375. The molecule has 0 aliphatic carbocycles. The Labute approximate surface area is 133 Å². The summed E-state index contributed by atoms with van der Waals surface area (Å²) in [6.07, 6.45) is 1.17. The summed E-state index contributed by atoms with van der Waals surface area (Å²) in [6, 6.07) is 11.1. The smallest absolute Gasteiger partial charge is 0.0649 e. The van der Waals surface area contributed by atoms with Gasteiger partial charge in [0.05, 0.1) is 4.21 Å². The Hall–Kier alpha value is -0.480. The van der Waals surface area contributed by atoms with Crippen LogP contribution in [0.2, 0.25) is 5.02 Å². The van der Waals surface area contributed by atoms with Crippen LogP contribution in [0.25, 0.3) is 0 Å². The normalized spacial score (nSPS) is 23.4. The Morgan fingerprint density at radius 1 is 1.30 bits per heavy atom. The first kappa shape index (κ1) is 14.5. The van der Waals surface area contributed by atoms with Gasteiger partial charge in [-0.1, -0.05) is 36.7 Å². The second kappa shape index (κ2) is 6.10. The number of halogens is 1. The number of thioether (sulfide) groups is 1. The van der Waals surface area contributed by atoms with Gasteiger partial charge in [0.15, 0.2) is 0 Å². The fourth-order valence-electron chi connectivity index (χ4n) is 2.72. The van der Waals surface area contributed by atoms with E-state index in [0.29, 0.717) is 11.3 Å². The Bertz CT molecular complexity index is 596. The molecule has 1 unspecified atom stereocenters. The maximum atomic E-state index is 6.30. The van der Waals surface area contributed by atoms with E-state index >= 15 is 0 Å². The highest BCUT2D eigenvalue weighted by Crippen LogP contribution is 2.44. The molecule has 3 rings (SSSR count). The number of fused-ring (bicyclic) bond motifs is 1. The lowest BCUT2D eigenvalue weighted by molar-refractivity contribution is 0.435. The van der Waals surface area contributed by atoms with E-state index in [4.69, 9.17) is 11.6 Å². The molecule has 3 atom stereocenters. The van der Waals surface area contributed by atoms with Crippen molar-refractivity contribution in [3.8, 4) is 0 Å². The predicted octanol–water partition coefficient (Wildman–Crippen LogP) is 5.68. The van der Waals surface area contributed by atoms with Gasteiger partial charge in [-0.3, -0.25) is 0 Å². The first-order chi connectivity index (χ1) is 9.65. The van der Waals surface area contributed by atoms with Crippen LogP contribution in [0.5, 0.6) is 0 Å². The Kier molecular flexibility index (Phi) is 4.41. The zero-order chi connectivity index (χ0) is 14.1. The van der Waals surface area contributed by atoms with E-state index in [1.165, 1.54) is 21.8 Å². The number of thiophene rings is 1. The van der Waals surface area contributed by atoms with Gasteiger partial charge >= 0.3 is 0 Å². The van der Waals surface area contributed by atoms with Crippen LogP contribution < -0.4 is 5.32 Å². The SMILES string of the molecule is C[C@H](NC1C[C@H](C)Sc2sccc21)c1ccccc1Cl. The molecule has 0 radical (unpaired) electrons. The summed E-state index contributed by atoms with van der Waals surface area (Å²) in [5.74, 6) is 0. The minimum Gasteiger partial charge on any atom is -0.303 e. The molecule has 2 heterocycles. The van der Waals surface area contributed by atoms with Crippen molar-refractivity contribution in [2.45, 2.75) is 41.8 Å². The minimum absolute atomic E-state index is 0.261. The largest absolute Gasteiger partial charge is 0.303 e. The molecule has 1 aromatic heterocycles. The van der Waals surface area contributed by atoms with Crippen molar-refractivity contribution in [3.63, 3.8) is 0 Å². The summed E-state index contributed by atoms with van der Waals surface area (Å²) >= 11 is 10.2. The van der Waals surface area contributed by atoms with Crippen LogP contribution in [0.4, 0.5) is 0 Å². The maximum absolute atomic E-state index is 6.30. The van der Waals surface area contributed by atoms with Crippen molar-refractivity contribution in [2.75, 3.05) is 0 Å². The first-order valence-corrected chi connectivity index (χ1v) is 9.03. The Morgan fingerprint density at radius 3 is 2.90 bits per heavy atom. The van der Waals surface area contributed by atoms with Gasteiger partial charge in [-0.2, -0.15) is 0 Å². The van der Waals surface area contributed by atoms with E-state index < -0.39 is 0 Å². The van der Waals surface area contributed by atoms with Gasteiger partial charge in [-0.15, -0.1) is 23.1 Å². The molecule has 1 aromatic carbocycles. The fourth-order valence-corrected chi connectivity index (χ4v) is 5.59. The van der Waals surface area contributed by atoms with E-state index in [1.807, 2.05) is 35.2 Å². The van der Waals surface area contributed by atoms with Crippen LogP contribution in [0.1, 0.15) is 43.5 Å². The third-order valence-electron chi connectivity index (χ3n) is 3.73. The molecule has 0 saturated carbocycles. The quantitative estimate of drug-likeness (QED) is 0.780. The molecular weight excluding hydrogens is 306 g/mol. The predicted molar refractivity (Wildman–Crippen MR) is 90.0 cm³/mol. The molecule has 0 amide bonds. The van der Waals surface area contributed by atoms with E-state index in [-0.39, 0.29) is 6.04 Å². The molecule has 1 aliphatic heterocycles. The van der Waals surface area contributed by atoms with Crippen LogP contribution in [0.3, 0.4) is 0 Å². The van der Waals surface area contributed by atoms with Crippen molar-refractivity contribution in [3.05, 3.63) is 51.9 Å². The molecule has 0 spiro atoms. The lowest BCUT2D eigenvalue weighted by atomic mass is 10.0. The highest BCUT2D eigenvalue weighted by atomic mass is 35.5. The monoisotopic (exact) mass is 323 g/mol. The number of hydrogen-bond acceptors (Lipinski definition) is 3. The van der Waals surface area contributed by atoms with Gasteiger partial charge in [-0.25, -0.2) is 0 Å². The van der Waals surface area contributed by atoms with Gasteiger partial charge in [0, 0.05) is 22.4 Å². The van der Waals surface area contributed by atoms with Crippen molar-refractivity contribution < 1.29 is 0 Å². The standard InChI is InChI=1S/C16H18ClNS2/c1-10-9-15(13-7-8-19-16(13)20-10)18-11(2)12-5-3-4-6-14(12)17/h3-8,10-11,15,18H,9H2,1-2H3/t10-,11-,15?/m0/s1. The topological polar surface area (TPSA) is 12.0 Å². The van der Waals surface area contributed by atoms with Crippen molar-refractivity contribution in [1.82, 2.24) is 5.32 Å². The molecular formula is C16H18ClNS2. The van der Waals surface area contributed by atoms with Crippen molar-refractivity contribution in [2.24, 2.45) is 0 Å². The lowest BCUT2D eigenvalue weighted by Crippen LogP contribution is -2.28. The summed E-state index contributed by atoms with van der Waals surface area (Å²) in [7, 11) is 0. The van der Waals surface area contributed by atoms with Gasteiger partial charge in [0.25, 0.3) is 0 Å². The second-order valence-electron chi connectivity index (χ2n) is 5.29. The van der Waals surface area contributed by atoms with Crippen molar-refractivity contribution in [1.29, 1.82) is 0 Å².